The molecule has 0 saturated carbocycles. The predicted molar refractivity (Wildman–Crippen MR) is 70.3 cm³/mol. The van der Waals surface area contributed by atoms with Crippen LogP contribution in [-0.4, -0.2) is 21.1 Å². The van der Waals surface area contributed by atoms with E-state index in [0.29, 0.717) is 11.8 Å². The van der Waals surface area contributed by atoms with Crippen LogP contribution in [0.25, 0.3) is 0 Å². The molecule has 2 aromatic rings. The molecule has 0 amide bonds. The number of aromatic nitrogens is 3. The van der Waals surface area contributed by atoms with Crippen molar-refractivity contribution in [1.82, 2.24) is 14.9 Å². The molecular formula is C10H11BrN6. The lowest BCUT2D eigenvalue weighted by molar-refractivity contribution is 0.926. The van der Waals surface area contributed by atoms with Crippen molar-refractivity contribution in [2.75, 3.05) is 11.3 Å². The minimum atomic E-state index is 0.399. The van der Waals surface area contributed by atoms with Crippen LogP contribution in [0.5, 0.6) is 0 Å². The van der Waals surface area contributed by atoms with Gasteiger partial charge < -0.3 is 5.84 Å². The zero-order valence-electron chi connectivity index (χ0n) is 9.13. The topological polar surface area (TPSA) is 81.1 Å². The first-order valence-corrected chi connectivity index (χ1v) is 5.68. The van der Waals surface area contributed by atoms with E-state index >= 15 is 0 Å². The van der Waals surface area contributed by atoms with E-state index in [9.17, 15) is 0 Å². The van der Waals surface area contributed by atoms with Crippen molar-refractivity contribution < 1.29 is 0 Å². The Hall–Kier alpha value is -1.89. The van der Waals surface area contributed by atoms with E-state index in [-0.39, 0.29) is 0 Å². The van der Waals surface area contributed by atoms with Gasteiger partial charge in [-0.25, -0.2) is 10.1 Å². The fourth-order valence-electron chi connectivity index (χ4n) is 1.16. The summed E-state index contributed by atoms with van der Waals surface area (Å²) in [6.07, 6.45) is 1.68. The summed E-state index contributed by atoms with van der Waals surface area (Å²) in [6, 6.07) is 7.76. The maximum absolute atomic E-state index is 5.65. The molecular weight excluding hydrogens is 284 g/mol. The van der Waals surface area contributed by atoms with Crippen molar-refractivity contribution in [2.45, 2.75) is 6.92 Å². The van der Waals surface area contributed by atoms with Crippen LogP contribution in [0, 0.1) is 6.92 Å². The van der Waals surface area contributed by atoms with Crippen LogP contribution >= 0.6 is 15.9 Å². The number of rotatable bonds is 3. The second kappa shape index (κ2) is 4.96. The van der Waals surface area contributed by atoms with Gasteiger partial charge >= 0.3 is 0 Å². The molecule has 2 rings (SSSR count). The molecule has 3 N–H and O–H groups in total. The van der Waals surface area contributed by atoms with Gasteiger partial charge in [-0.05, 0) is 24.6 Å². The SMILES string of the molecule is Cc1nnc(NN=Cc2ccc(Br)cc2)n1N. The molecule has 0 saturated heterocycles. The molecule has 0 aliphatic heterocycles. The number of hydrogen-bond acceptors (Lipinski definition) is 5. The highest BCUT2D eigenvalue weighted by Crippen LogP contribution is 2.09. The smallest absolute Gasteiger partial charge is 0.263 e. The van der Waals surface area contributed by atoms with Crippen LogP contribution in [0.1, 0.15) is 11.4 Å². The minimum Gasteiger partial charge on any atom is -0.335 e. The molecule has 1 heterocycles. The first-order chi connectivity index (χ1) is 8.16. The minimum absolute atomic E-state index is 0.399. The van der Waals surface area contributed by atoms with Gasteiger partial charge in [-0.2, -0.15) is 5.10 Å². The number of halogens is 1. The van der Waals surface area contributed by atoms with E-state index in [2.05, 4.69) is 36.7 Å². The third-order valence-electron chi connectivity index (χ3n) is 2.11. The molecule has 0 aliphatic rings. The van der Waals surface area contributed by atoms with E-state index < -0.39 is 0 Å². The number of aryl methyl sites for hydroxylation is 1. The molecule has 7 heteroatoms. The summed E-state index contributed by atoms with van der Waals surface area (Å²) in [5.74, 6) is 6.67. The zero-order chi connectivity index (χ0) is 12.3. The highest BCUT2D eigenvalue weighted by Gasteiger charge is 2.02. The van der Waals surface area contributed by atoms with Crippen LogP contribution in [0.3, 0.4) is 0 Å². The third-order valence-corrected chi connectivity index (χ3v) is 2.64. The molecule has 17 heavy (non-hydrogen) atoms. The van der Waals surface area contributed by atoms with Crippen molar-refractivity contribution in [2.24, 2.45) is 5.10 Å². The predicted octanol–water partition coefficient (Wildman–Crippen LogP) is 1.51. The largest absolute Gasteiger partial charge is 0.335 e. The Morgan fingerprint density at radius 3 is 2.65 bits per heavy atom. The van der Waals surface area contributed by atoms with E-state index in [1.165, 1.54) is 4.68 Å². The Morgan fingerprint density at radius 2 is 2.06 bits per heavy atom. The van der Waals surface area contributed by atoms with Gasteiger partial charge in [0, 0.05) is 4.47 Å². The average Bonchev–Trinajstić information content (AvgIpc) is 2.64. The van der Waals surface area contributed by atoms with Gasteiger partial charge in [0.2, 0.25) is 0 Å². The number of hydrogen-bond donors (Lipinski definition) is 2. The molecule has 0 unspecified atom stereocenters. The van der Waals surface area contributed by atoms with Gasteiger partial charge in [0.05, 0.1) is 6.21 Å². The average molecular weight is 295 g/mol. The van der Waals surface area contributed by atoms with E-state index in [4.69, 9.17) is 5.84 Å². The molecule has 0 radical (unpaired) electrons. The zero-order valence-corrected chi connectivity index (χ0v) is 10.7. The number of nitrogens with two attached hydrogens (primary N) is 1. The summed E-state index contributed by atoms with van der Waals surface area (Å²) in [4.78, 5) is 0. The maximum Gasteiger partial charge on any atom is 0.263 e. The first kappa shape index (κ1) is 11.6. The van der Waals surface area contributed by atoms with Gasteiger partial charge in [-0.3, -0.25) is 0 Å². The third kappa shape index (κ3) is 2.82. The number of anilines is 1. The molecule has 0 fully saturated rings. The fraction of sp³-hybridized carbons (Fsp3) is 0.100. The van der Waals surface area contributed by atoms with Gasteiger partial charge in [-0.1, -0.05) is 28.1 Å². The molecule has 0 atom stereocenters. The Bertz CT molecular complexity index is 530. The van der Waals surface area contributed by atoms with E-state index in [0.717, 1.165) is 10.0 Å². The number of nitrogens with zero attached hydrogens (tertiary/aromatic N) is 4. The van der Waals surface area contributed by atoms with Crippen molar-refractivity contribution in [3.05, 3.63) is 40.1 Å². The van der Waals surface area contributed by atoms with Gasteiger partial charge in [-0.15, -0.1) is 10.2 Å². The van der Waals surface area contributed by atoms with Gasteiger partial charge in [0.15, 0.2) is 5.82 Å². The van der Waals surface area contributed by atoms with Crippen molar-refractivity contribution in [1.29, 1.82) is 0 Å². The van der Waals surface area contributed by atoms with Gasteiger partial charge in [0.25, 0.3) is 5.95 Å². The van der Waals surface area contributed by atoms with Crippen molar-refractivity contribution >= 4 is 28.1 Å². The molecule has 0 spiro atoms. The first-order valence-electron chi connectivity index (χ1n) is 4.88. The normalized spacial score (nSPS) is 10.9. The number of nitrogens with one attached hydrogen (secondary N) is 1. The summed E-state index contributed by atoms with van der Waals surface area (Å²) >= 11 is 3.36. The number of nitrogen functional groups attached to an aromatic ring is 1. The standard InChI is InChI=1S/C10H11BrN6/c1-7-14-16-10(17(7)12)15-13-6-8-2-4-9(11)5-3-8/h2-6H,12H2,1H3,(H,15,16). The van der Waals surface area contributed by atoms with Crippen LogP contribution in [-0.2, 0) is 0 Å². The fourth-order valence-corrected chi connectivity index (χ4v) is 1.42. The molecule has 0 aliphatic carbocycles. The Labute approximate surface area is 107 Å². The quantitative estimate of drug-likeness (QED) is 0.511. The second-order valence-corrected chi connectivity index (χ2v) is 4.28. The van der Waals surface area contributed by atoms with Crippen molar-refractivity contribution in [3.8, 4) is 0 Å². The van der Waals surface area contributed by atoms with Crippen LogP contribution in [0.2, 0.25) is 0 Å². The van der Waals surface area contributed by atoms with Crippen molar-refractivity contribution in [3.63, 3.8) is 0 Å². The summed E-state index contributed by atoms with van der Waals surface area (Å²) in [7, 11) is 0. The van der Waals surface area contributed by atoms with Crippen LogP contribution in [0.4, 0.5) is 5.95 Å². The summed E-state index contributed by atoms with van der Waals surface area (Å²) in [5, 5.41) is 11.6. The maximum atomic E-state index is 5.65. The highest BCUT2D eigenvalue weighted by atomic mass is 79.9. The molecule has 1 aromatic heterocycles. The summed E-state index contributed by atoms with van der Waals surface area (Å²) in [6.45, 7) is 1.76. The number of hydrazone groups is 1. The summed E-state index contributed by atoms with van der Waals surface area (Å²) < 4.78 is 2.36. The lowest BCUT2D eigenvalue weighted by atomic mass is 10.2. The lowest BCUT2D eigenvalue weighted by Gasteiger charge is -1.99. The molecule has 1 aromatic carbocycles. The van der Waals surface area contributed by atoms with Crippen LogP contribution < -0.4 is 11.3 Å². The van der Waals surface area contributed by atoms with Gasteiger partial charge in [0.1, 0.15) is 0 Å². The monoisotopic (exact) mass is 294 g/mol. The second-order valence-electron chi connectivity index (χ2n) is 3.36. The molecule has 0 bridgehead atoms. The summed E-state index contributed by atoms with van der Waals surface area (Å²) in [5.41, 5.74) is 3.69. The lowest BCUT2D eigenvalue weighted by Crippen LogP contribution is -2.13. The Balaban J connectivity index is 2.03. The number of benzene rings is 1. The van der Waals surface area contributed by atoms with E-state index in [1.54, 1.807) is 13.1 Å². The Kier molecular flexibility index (Phi) is 3.38. The van der Waals surface area contributed by atoms with Crippen LogP contribution in [0.15, 0.2) is 33.8 Å². The Morgan fingerprint density at radius 1 is 1.35 bits per heavy atom. The molecule has 6 nitrogen and oxygen atoms in total. The van der Waals surface area contributed by atoms with E-state index in [1.807, 2.05) is 24.3 Å². The molecule has 88 valence electrons. The highest BCUT2D eigenvalue weighted by molar-refractivity contribution is 9.10.